The summed E-state index contributed by atoms with van der Waals surface area (Å²) >= 11 is 6.46. The average molecular weight is 535 g/mol. The van der Waals surface area contributed by atoms with Crippen LogP contribution in [-0.2, 0) is 9.84 Å². The van der Waals surface area contributed by atoms with Crippen LogP contribution in [0.2, 0.25) is 5.02 Å². The van der Waals surface area contributed by atoms with Crippen LogP contribution >= 0.6 is 11.6 Å². The molecular formula is C26H22ClF3N2O3S. The molecule has 3 aromatic carbocycles. The molecule has 188 valence electrons. The van der Waals surface area contributed by atoms with Gasteiger partial charge in [0.2, 0.25) is 0 Å². The Kier molecular flexibility index (Phi) is 8.05. The fourth-order valence-electron chi connectivity index (χ4n) is 3.18. The van der Waals surface area contributed by atoms with Gasteiger partial charge in [0.1, 0.15) is 0 Å². The first-order chi connectivity index (χ1) is 16.8. The maximum Gasteiger partial charge on any atom is 0.501 e. The molecule has 0 heterocycles. The second-order valence-electron chi connectivity index (χ2n) is 8.13. The van der Waals surface area contributed by atoms with Crippen molar-refractivity contribution in [3.05, 3.63) is 100 Å². The Balaban J connectivity index is 1.93. The molecule has 0 aromatic heterocycles. The zero-order valence-electron chi connectivity index (χ0n) is 19.5. The second kappa shape index (κ2) is 10.7. The molecule has 0 aliphatic carbocycles. The van der Waals surface area contributed by atoms with Gasteiger partial charge in [-0.3, -0.25) is 4.79 Å². The molecule has 0 fully saturated rings. The number of hydrogen-bond acceptors (Lipinski definition) is 4. The molecule has 1 N–H and O–H groups in total. The number of nitrogens with one attached hydrogen (secondary N) is 1. The number of hydrogen-bond donors (Lipinski definition) is 1. The minimum atomic E-state index is -5.50. The number of allylic oxidation sites excluding steroid dienone is 2. The molecule has 1 amide bonds. The molecule has 0 atom stereocenters. The third kappa shape index (κ3) is 6.22. The van der Waals surface area contributed by atoms with Crippen molar-refractivity contribution < 1.29 is 26.4 Å². The number of para-hydroxylation sites is 1. The maximum absolute atomic E-state index is 12.7. The largest absolute Gasteiger partial charge is 0.501 e. The highest BCUT2D eigenvalue weighted by Crippen LogP contribution is 2.30. The van der Waals surface area contributed by atoms with Crippen molar-refractivity contribution in [2.45, 2.75) is 31.2 Å². The molecule has 3 aromatic rings. The SMILES string of the molecule is CC(C)=CC(=Nc1ccccc1C)c1cc(NC(=O)c2ccc(S(=O)(=O)C(F)(F)F)cc2)ccc1Cl. The Morgan fingerprint density at radius 1 is 1.00 bits per heavy atom. The van der Waals surface area contributed by atoms with Crippen LogP contribution in [0.5, 0.6) is 0 Å². The number of carbonyl (C=O) groups is 1. The van der Waals surface area contributed by atoms with Crippen LogP contribution < -0.4 is 5.32 Å². The number of carbonyl (C=O) groups excluding carboxylic acids is 1. The Labute approximate surface area is 212 Å². The monoisotopic (exact) mass is 534 g/mol. The summed E-state index contributed by atoms with van der Waals surface area (Å²) in [6.07, 6.45) is 1.86. The number of benzene rings is 3. The van der Waals surface area contributed by atoms with Gasteiger partial charge in [0.25, 0.3) is 15.7 Å². The Hall–Kier alpha value is -3.43. The molecule has 0 aliphatic rings. The zero-order valence-corrected chi connectivity index (χ0v) is 21.1. The quantitative estimate of drug-likeness (QED) is 0.338. The molecule has 0 aliphatic heterocycles. The number of aryl methyl sites for hydroxylation is 1. The van der Waals surface area contributed by atoms with Gasteiger partial charge in [0.05, 0.1) is 21.3 Å². The lowest BCUT2D eigenvalue weighted by molar-refractivity contribution is -0.0436. The van der Waals surface area contributed by atoms with E-state index >= 15 is 0 Å². The summed E-state index contributed by atoms with van der Waals surface area (Å²) in [5.41, 5.74) is -1.26. The minimum absolute atomic E-state index is 0.0225. The van der Waals surface area contributed by atoms with Gasteiger partial charge in [0, 0.05) is 16.8 Å². The molecule has 0 saturated carbocycles. The summed E-state index contributed by atoms with van der Waals surface area (Å²) in [7, 11) is -5.50. The summed E-state index contributed by atoms with van der Waals surface area (Å²) in [4.78, 5) is 16.5. The van der Waals surface area contributed by atoms with E-state index in [0.29, 0.717) is 22.0 Å². The molecule has 0 radical (unpaired) electrons. The first-order valence-electron chi connectivity index (χ1n) is 10.6. The number of sulfone groups is 1. The molecule has 3 rings (SSSR count). The number of anilines is 1. The van der Waals surface area contributed by atoms with Crippen molar-refractivity contribution in [3.8, 4) is 0 Å². The van der Waals surface area contributed by atoms with Gasteiger partial charge in [-0.05, 0) is 80.9 Å². The lowest BCUT2D eigenvalue weighted by atomic mass is 10.1. The number of halogens is 4. The number of amides is 1. The van der Waals surface area contributed by atoms with Gasteiger partial charge in [-0.15, -0.1) is 0 Å². The lowest BCUT2D eigenvalue weighted by Gasteiger charge is -2.12. The topological polar surface area (TPSA) is 75.6 Å². The number of nitrogens with zero attached hydrogens (tertiary/aromatic N) is 1. The first-order valence-corrected chi connectivity index (χ1v) is 12.5. The van der Waals surface area contributed by atoms with Gasteiger partial charge in [-0.25, -0.2) is 13.4 Å². The molecule has 0 spiro atoms. The van der Waals surface area contributed by atoms with E-state index in [-0.39, 0.29) is 5.56 Å². The summed E-state index contributed by atoms with van der Waals surface area (Å²) in [6, 6.07) is 15.9. The first kappa shape index (κ1) is 27.2. The highest BCUT2D eigenvalue weighted by atomic mass is 35.5. The summed E-state index contributed by atoms with van der Waals surface area (Å²) in [5, 5.41) is 3.06. The van der Waals surface area contributed by atoms with Crippen LogP contribution in [-0.4, -0.2) is 25.5 Å². The van der Waals surface area contributed by atoms with E-state index in [1.165, 1.54) is 0 Å². The van der Waals surface area contributed by atoms with Gasteiger partial charge in [0.15, 0.2) is 0 Å². The van der Waals surface area contributed by atoms with E-state index in [9.17, 15) is 26.4 Å². The predicted octanol–water partition coefficient (Wildman–Crippen LogP) is 7.28. The van der Waals surface area contributed by atoms with E-state index in [2.05, 4.69) is 5.32 Å². The molecule has 36 heavy (non-hydrogen) atoms. The van der Waals surface area contributed by atoms with Crippen LogP contribution in [0.1, 0.15) is 35.3 Å². The van der Waals surface area contributed by atoms with Crippen LogP contribution in [0, 0.1) is 6.92 Å². The van der Waals surface area contributed by atoms with Crippen LogP contribution in [0.4, 0.5) is 24.5 Å². The van der Waals surface area contributed by atoms with Gasteiger partial charge >= 0.3 is 5.51 Å². The van der Waals surface area contributed by atoms with Crippen molar-refractivity contribution in [1.29, 1.82) is 0 Å². The zero-order chi connectivity index (χ0) is 26.7. The molecule has 0 bridgehead atoms. The van der Waals surface area contributed by atoms with Crippen molar-refractivity contribution >= 4 is 44.4 Å². The third-order valence-corrected chi connectivity index (χ3v) is 6.85. The molecule has 0 unspecified atom stereocenters. The van der Waals surface area contributed by atoms with Crippen molar-refractivity contribution in [3.63, 3.8) is 0 Å². The summed E-state index contributed by atoms with van der Waals surface area (Å²) in [6.45, 7) is 5.76. The smallest absolute Gasteiger partial charge is 0.322 e. The predicted molar refractivity (Wildman–Crippen MR) is 136 cm³/mol. The van der Waals surface area contributed by atoms with E-state index in [0.717, 1.165) is 41.1 Å². The second-order valence-corrected chi connectivity index (χ2v) is 10.5. The molecule has 10 heteroatoms. The van der Waals surface area contributed by atoms with E-state index < -0.39 is 26.1 Å². The number of rotatable bonds is 6. The molecular weight excluding hydrogens is 513 g/mol. The maximum atomic E-state index is 12.7. The highest BCUT2D eigenvalue weighted by Gasteiger charge is 2.46. The highest BCUT2D eigenvalue weighted by molar-refractivity contribution is 7.92. The van der Waals surface area contributed by atoms with E-state index in [1.54, 1.807) is 18.2 Å². The van der Waals surface area contributed by atoms with E-state index in [1.807, 2.05) is 51.1 Å². The Morgan fingerprint density at radius 3 is 2.22 bits per heavy atom. The lowest BCUT2D eigenvalue weighted by Crippen LogP contribution is -2.23. The number of aliphatic imine (C=N–C) groups is 1. The fraction of sp³-hybridized carbons (Fsp3) is 0.154. The standard InChI is InChI=1S/C26H22ClF3N2O3S/c1-16(2)14-24(32-23-7-5-4-6-17(23)3)21-15-19(10-13-22(21)27)31-25(33)18-8-11-20(12-9-18)36(34,35)26(28,29)30/h4-15H,1-3H3,(H,31,33). The van der Waals surface area contributed by atoms with Gasteiger partial charge in [-0.2, -0.15) is 13.2 Å². The summed E-state index contributed by atoms with van der Waals surface area (Å²) < 4.78 is 61.3. The van der Waals surface area contributed by atoms with Crippen molar-refractivity contribution in [2.75, 3.05) is 5.32 Å². The average Bonchev–Trinajstić information content (AvgIpc) is 2.80. The molecule has 5 nitrogen and oxygen atoms in total. The number of alkyl halides is 3. The summed E-state index contributed by atoms with van der Waals surface area (Å²) in [5.74, 6) is -0.640. The van der Waals surface area contributed by atoms with Crippen molar-refractivity contribution in [1.82, 2.24) is 0 Å². The fourth-order valence-corrected chi connectivity index (χ4v) is 4.16. The van der Waals surface area contributed by atoms with Gasteiger partial charge < -0.3 is 5.32 Å². The van der Waals surface area contributed by atoms with Crippen molar-refractivity contribution in [2.24, 2.45) is 4.99 Å². The van der Waals surface area contributed by atoms with Crippen LogP contribution in [0.25, 0.3) is 0 Å². The Bertz CT molecular complexity index is 1460. The van der Waals surface area contributed by atoms with Crippen LogP contribution in [0.15, 0.2) is 88.3 Å². The Morgan fingerprint density at radius 2 is 1.64 bits per heavy atom. The normalized spacial score (nSPS) is 12.2. The van der Waals surface area contributed by atoms with Gasteiger partial charge in [-0.1, -0.05) is 35.4 Å². The minimum Gasteiger partial charge on any atom is -0.322 e. The van der Waals surface area contributed by atoms with Crippen LogP contribution in [0.3, 0.4) is 0 Å². The molecule has 0 saturated heterocycles. The van der Waals surface area contributed by atoms with E-state index in [4.69, 9.17) is 16.6 Å². The third-order valence-electron chi connectivity index (χ3n) is 5.01.